The molecule has 1 amide bonds. The molecular weight excluding hydrogens is 306 g/mol. The van der Waals surface area contributed by atoms with Crippen LogP contribution in [-0.2, 0) is 14.3 Å². The lowest BCUT2D eigenvalue weighted by Gasteiger charge is -2.36. The van der Waals surface area contributed by atoms with E-state index >= 15 is 0 Å². The van der Waals surface area contributed by atoms with Gasteiger partial charge in [-0.1, -0.05) is 26.2 Å². The van der Waals surface area contributed by atoms with Crippen LogP contribution in [0.3, 0.4) is 0 Å². The van der Waals surface area contributed by atoms with Gasteiger partial charge in [0.25, 0.3) is 5.91 Å². The standard InChI is InChI=1S/C19H33NO4/c1-3-23-19-16(10-9-13-21)15(2)14-17(24-19)18(22)20-11-7-5-4-6-8-12-20/h14-16,19,21H,3-13H2,1-2H3/t15-,16+,19+/m0/s1. The second-order valence-corrected chi connectivity index (χ2v) is 6.92. The molecule has 138 valence electrons. The maximum Gasteiger partial charge on any atom is 0.288 e. The number of hydrogen-bond donors (Lipinski definition) is 1. The number of amides is 1. The number of likely N-dealkylation sites (tertiary alicyclic amines) is 1. The van der Waals surface area contributed by atoms with E-state index in [1.165, 1.54) is 19.3 Å². The molecule has 0 radical (unpaired) electrons. The summed E-state index contributed by atoms with van der Waals surface area (Å²) in [6, 6.07) is 0. The molecule has 1 fully saturated rings. The molecule has 0 aromatic heterocycles. The van der Waals surface area contributed by atoms with Crippen LogP contribution in [0.4, 0.5) is 0 Å². The Bertz CT molecular complexity index is 416. The van der Waals surface area contributed by atoms with Crippen LogP contribution >= 0.6 is 0 Å². The number of carbonyl (C=O) groups excluding carboxylic acids is 1. The Morgan fingerprint density at radius 1 is 1.29 bits per heavy atom. The molecule has 0 aromatic carbocycles. The van der Waals surface area contributed by atoms with Crippen molar-refractivity contribution in [3.05, 3.63) is 11.8 Å². The Kier molecular flexibility index (Phi) is 8.06. The van der Waals surface area contributed by atoms with Crippen LogP contribution in [0.1, 0.15) is 58.8 Å². The van der Waals surface area contributed by atoms with Crippen LogP contribution in [0.15, 0.2) is 11.8 Å². The Hall–Kier alpha value is -1.07. The minimum Gasteiger partial charge on any atom is -0.459 e. The molecule has 5 heteroatoms. The lowest BCUT2D eigenvalue weighted by atomic mass is 9.86. The first-order valence-electron chi connectivity index (χ1n) is 9.57. The molecule has 0 saturated carbocycles. The van der Waals surface area contributed by atoms with Crippen molar-refractivity contribution >= 4 is 5.91 Å². The van der Waals surface area contributed by atoms with Crippen molar-refractivity contribution in [3.63, 3.8) is 0 Å². The average Bonchev–Trinajstić information content (AvgIpc) is 2.53. The lowest BCUT2D eigenvalue weighted by molar-refractivity contribution is -0.174. The van der Waals surface area contributed by atoms with E-state index in [0.717, 1.165) is 38.8 Å². The van der Waals surface area contributed by atoms with E-state index < -0.39 is 6.29 Å². The summed E-state index contributed by atoms with van der Waals surface area (Å²) < 4.78 is 11.7. The van der Waals surface area contributed by atoms with Gasteiger partial charge in [0.2, 0.25) is 6.29 Å². The smallest absolute Gasteiger partial charge is 0.288 e. The van der Waals surface area contributed by atoms with Gasteiger partial charge in [0.05, 0.1) is 0 Å². The van der Waals surface area contributed by atoms with E-state index in [9.17, 15) is 4.79 Å². The van der Waals surface area contributed by atoms with Gasteiger partial charge in [0, 0.05) is 32.2 Å². The van der Waals surface area contributed by atoms with Crippen LogP contribution in [0.25, 0.3) is 0 Å². The zero-order chi connectivity index (χ0) is 17.4. The number of aliphatic hydroxyl groups is 1. The number of hydrogen-bond acceptors (Lipinski definition) is 4. The van der Waals surface area contributed by atoms with E-state index in [-0.39, 0.29) is 24.3 Å². The number of nitrogens with zero attached hydrogens (tertiary/aromatic N) is 1. The molecule has 0 aliphatic carbocycles. The minimum absolute atomic E-state index is 0.00839. The van der Waals surface area contributed by atoms with E-state index in [4.69, 9.17) is 14.6 Å². The van der Waals surface area contributed by atoms with E-state index in [0.29, 0.717) is 12.4 Å². The molecule has 2 aliphatic rings. The van der Waals surface area contributed by atoms with Crippen molar-refractivity contribution in [2.75, 3.05) is 26.3 Å². The van der Waals surface area contributed by atoms with Crippen molar-refractivity contribution in [1.82, 2.24) is 4.90 Å². The molecule has 0 bridgehead atoms. The van der Waals surface area contributed by atoms with Gasteiger partial charge in [-0.15, -0.1) is 0 Å². The van der Waals surface area contributed by atoms with Crippen LogP contribution in [0, 0.1) is 11.8 Å². The first kappa shape index (κ1) is 19.3. The number of ether oxygens (including phenoxy) is 2. The summed E-state index contributed by atoms with van der Waals surface area (Å²) in [4.78, 5) is 14.8. The quantitative estimate of drug-likeness (QED) is 0.808. The molecule has 2 heterocycles. The highest BCUT2D eigenvalue weighted by atomic mass is 16.7. The van der Waals surface area contributed by atoms with Crippen molar-refractivity contribution in [3.8, 4) is 0 Å². The van der Waals surface area contributed by atoms with Gasteiger partial charge in [0.15, 0.2) is 5.76 Å². The fraction of sp³-hybridized carbons (Fsp3) is 0.842. The fourth-order valence-electron chi connectivity index (χ4n) is 3.64. The van der Waals surface area contributed by atoms with Gasteiger partial charge in [-0.05, 0) is 44.6 Å². The molecule has 3 atom stereocenters. The van der Waals surface area contributed by atoms with Gasteiger partial charge in [-0.3, -0.25) is 4.79 Å². The van der Waals surface area contributed by atoms with Gasteiger partial charge in [0.1, 0.15) is 0 Å². The number of carbonyl (C=O) groups is 1. The third kappa shape index (κ3) is 5.21. The largest absolute Gasteiger partial charge is 0.459 e. The van der Waals surface area contributed by atoms with Gasteiger partial charge >= 0.3 is 0 Å². The van der Waals surface area contributed by atoms with Crippen LogP contribution in [0.2, 0.25) is 0 Å². The monoisotopic (exact) mass is 339 g/mol. The fourth-order valence-corrected chi connectivity index (χ4v) is 3.64. The van der Waals surface area contributed by atoms with Crippen molar-refractivity contribution in [2.24, 2.45) is 11.8 Å². The molecule has 0 aromatic rings. The molecule has 5 nitrogen and oxygen atoms in total. The molecular formula is C19H33NO4. The highest BCUT2D eigenvalue weighted by Gasteiger charge is 2.35. The molecule has 1 saturated heterocycles. The first-order chi connectivity index (χ1) is 11.7. The van der Waals surface area contributed by atoms with E-state index in [1.54, 1.807) is 0 Å². The highest BCUT2D eigenvalue weighted by molar-refractivity contribution is 5.91. The van der Waals surface area contributed by atoms with Crippen LogP contribution in [0.5, 0.6) is 0 Å². The topological polar surface area (TPSA) is 59.0 Å². The normalized spacial score (nSPS) is 28.5. The minimum atomic E-state index is -0.393. The van der Waals surface area contributed by atoms with E-state index in [1.807, 2.05) is 17.9 Å². The summed E-state index contributed by atoms with van der Waals surface area (Å²) in [6.45, 7) is 6.42. The van der Waals surface area contributed by atoms with Crippen molar-refractivity contribution in [1.29, 1.82) is 0 Å². The van der Waals surface area contributed by atoms with E-state index in [2.05, 4.69) is 6.92 Å². The maximum atomic E-state index is 12.9. The average molecular weight is 339 g/mol. The molecule has 2 aliphatic heterocycles. The Labute approximate surface area is 146 Å². The maximum absolute atomic E-state index is 12.9. The Morgan fingerprint density at radius 2 is 1.96 bits per heavy atom. The molecule has 24 heavy (non-hydrogen) atoms. The molecule has 0 unspecified atom stereocenters. The van der Waals surface area contributed by atoms with Gasteiger partial charge < -0.3 is 19.5 Å². The summed E-state index contributed by atoms with van der Waals surface area (Å²) in [5, 5.41) is 9.10. The van der Waals surface area contributed by atoms with Crippen molar-refractivity contribution < 1.29 is 19.4 Å². The Morgan fingerprint density at radius 3 is 2.58 bits per heavy atom. The summed E-state index contributed by atoms with van der Waals surface area (Å²) in [5.41, 5.74) is 0. The number of aliphatic hydroxyl groups excluding tert-OH is 1. The third-order valence-corrected chi connectivity index (χ3v) is 5.06. The predicted molar refractivity (Wildman–Crippen MR) is 93.2 cm³/mol. The zero-order valence-corrected chi connectivity index (χ0v) is 15.2. The third-order valence-electron chi connectivity index (χ3n) is 5.06. The summed E-state index contributed by atoms with van der Waals surface area (Å²) >= 11 is 0. The number of rotatable bonds is 6. The van der Waals surface area contributed by atoms with Crippen LogP contribution < -0.4 is 0 Å². The summed E-state index contributed by atoms with van der Waals surface area (Å²) in [5.74, 6) is 0.840. The first-order valence-corrected chi connectivity index (χ1v) is 9.57. The van der Waals surface area contributed by atoms with Gasteiger partial charge in [-0.25, -0.2) is 0 Å². The predicted octanol–water partition coefficient (Wildman–Crippen LogP) is 3.08. The molecule has 2 rings (SSSR count). The highest BCUT2D eigenvalue weighted by Crippen LogP contribution is 2.33. The SMILES string of the molecule is CCO[C@@H]1OC(C(=O)N2CCCCCCC2)=C[C@H](C)[C@H]1CCCO. The van der Waals surface area contributed by atoms with Crippen molar-refractivity contribution in [2.45, 2.75) is 65.1 Å². The number of allylic oxidation sites excluding steroid dienone is 1. The lowest BCUT2D eigenvalue weighted by Crippen LogP contribution is -2.41. The summed E-state index contributed by atoms with van der Waals surface area (Å²) in [7, 11) is 0. The Balaban J connectivity index is 2.06. The molecule has 0 spiro atoms. The second kappa shape index (κ2) is 10.0. The van der Waals surface area contributed by atoms with Crippen LogP contribution in [-0.4, -0.2) is 48.5 Å². The van der Waals surface area contributed by atoms with Gasteiger partial charge in [-0.2, -0.15) is 0 Å². The molecule has 1 N–H and O–H groups in total. The zero-order valence-electron chi connectivity index (χ0n) is 15.2. The second-order valence-electron chi connectivity index (χ2n) is 6.92. The summed E-state index contributed by atoms with van der Waals surface area (Å²) in [6.07, 6.45) is 8.95.